The molecule has 1 aromatic carbocycles. The van der Waals surface area contributed by atoms with E-state index in [1.54, 1.807) is 0 Å². The van der Waals surface area contributed by atoms with E-state index in [1.807, 2.05) is 19.1 Å². The Bertz CT molecular complexity index is 1030. The van der Waals surface area contributed by atoms with Crippen LogP contribution in [-0.2, 0) is 6.54 Å². The van der Waals surface area contributed by atoms with E-state index >= 15 is 0 Å². The maximum Gasteiger partial charge on any atom is 0.273 e. The molecule has 2 aliphatic heterocycles. The fourth-order valence-electron chi connectivity index (χ4n) is 5.42. The Labute approximate surface area is 224 Å². The van der Waals surface area contributed by atoms with E-state index in [1.165, 1.54) is 18.4 Å². The molecule has 2 fully saturated rings. The summed E-state index contributed by atoms with van der Waals surface area (Å²) in [5.74, 6) is 0.329. The molecule has 3 heterocycles. The van der Waals surface area contributed by atoms with Crippen LogP contribution in [0.15, 0.2) is 24.3 Å². The summed E-state index contributed by atoms with van der Waals surface area (Å²) in [5, 5.41) is 3.71. The molecule has 2 aliphatic rings. The van der Waals surface area contributed by atoms with Gasteiger partial charge in [0.2, 0.25) is 0 Å². The number of nitrogen functional groups attached to an aromatic ring is 1. The highest BCUT2D eigenvalue weighted by atomic mass is 35.5. The Hall–Kier alpha value is -2.13. The normalized spacial score (nSPS) is 20.0. The van der Waals surface area contributed by atoms with Crippen molar-refractivity contribution in [3.63, 3.8) is 0 Å². The molecule has 0 aliphatic carbocycles. The van der Waals surface area contributed by atoms with Gasteiger partial charge in [-0.1, -0.05) is 48.7 Å². The van der Waals surface area contributed by atoms with Crippen molar-refractivity contribution in [3.8, 4) is 0 Å². The lowest BCUT2D eigenvalue weighted by atomic mass is 9.97. The second-order valence-corrected chi connectivity index (χ2v) is 10.5. The summed E-state index contributed by atoms with van der Waals surface area (Å²) < 4.78 is 0. The molecule has 2 aromatic rings. The van der Waals surface area contributed by atoms with Crippen LogP contribution in [0, 0.1) is 0 Å². The number of hydrogen-bond donors (Lipinski definition) is 2. The molecular formula is C26H37Cl2N7O. The van der Waals surface area contributed by atoms with Crippen molar-refractivity contribution >= 4 is 40.7 Å². The molecule has 4 rings (SSSR count). The molecular weight excluding hydrogens is 497 g/mol. The van der Waals surface area contributed by atoms with E-state index in [-0.39, 0.29) is 22.6 Å². The summed E-state index contributed by atoms with van der Waals surface area (Å²) in [6.07, 6.45) is 4.56. The zero-order valence-electron chi connectivity index (χ0n) is 21.2. The SMILES string of the molecule is CCC[C@H]1CN(c2nc(N)c(C(=O)NCC)nc2Cl)CCN1C1CCN(Cc2ccc(Cl)cc2)CC1. The number of piperazine rings is 1. The number of anilines is 2. The lowest BCUT2D eigenvalue weighted by Crippen LogP contribution is -2.58. The van der Waals surface area contributed by atoms with E-state index in [9.17, 15) is 4.79 Å². The number of piperidine rings is 1. The van der Waals surface area contributed by atoms with Crippen LogP contribution in [0.3, 0.4) is 0 Å². The van der Waals surface area contributed by atoms with Gasteiger partial charge < -0.3 is 16.0 Å². The van der Waals surface area contributed by atoms with Gasteiger partial charge in [0.05, 0.1) is 0 Å². The van der Waals surface area contributed by atoms with E-state index in [0.29, 0.717) is 24.4 Å². The minimum Gasteiger partial charge on any atom is -0.382 e. The summed E-state index contributed by atoms with van der Waals surface area (Å²) in [6, 6.07) is 9.17. The molecule has 0 spiro atoms. The van der Waals surface area contributed by atoms with Gasteiger partial charge in [0.25, 0.3) is 5.91 Å². The molecule has 1 amide bonds. The number of amides is 1. The standard InChI is InChI=1S/C26H37Cl2N7O/c1-3-5-21-17-34(25-23(28)31-22(24(29)32-25)26(36)30-4-2)14-15-35(21)20-10-12-33(13-11-20)16-18-6-8-19(27)9-7-18/h6-9,20-21H,3-5,10-17H2,1-2H3,(H2,29,32)(H,30,36)/t21-/m0/s1. The third-order valence-corrected chi connectivity index (χ3v) is 7.72. The number of nitrogens with one attached hydrogen (secondary N) is 1. The van der Waals surface area contributed by atoms with E-state index < -0.39 is 0 Å². The van der Waals surface area contributed by atoms with Crippen molar-refractivity contribution < 1.29 is 4.79 Å². The fourth-order valence-corrected chi connectivity index (χ4v) is 5.79. The summed E-state index contributed by atoms with van der Waals surface area (Å²) in [5.41, 5.74) is 7.49. The van der Waals surface area contributed by atoms with Crippen LogP contribution in [0.5, 0.6) is 0 Å². The number of halogens is 2. The van der Waals surface area contributed by atoms with Crippen molar-refractivity contribution in [1.29, 1.82) is 0 Å². The second-order valence-electron chi connectivity index (χ2n) is 9.69. The minimum atomic E-state index is -0.355. The maximum absolute atomic E-state index is 12.2. The number of rotatable bonds is 8. The first-order valence-corrected chi connectivity index (χ1v) is 13.7. The fraction of sp³-hybridized carbons (Fsp3) is 0.577. The molecule has 10 heteroatoms. The van der Waals surface area contributed by atoms with Gasteiger partial charge in [0, 0.05) is 49.8 Å². The molecule has 3 N–H and O–H groups in total. The van der Waals surface area contributed by atoms with Crippen molar-refractivity contribution in [3.05, 3.63) is 45.7 Å². The number of aromatic nitrogens is 2. The van der Waals surface area contributed by atoms with Crippen LogP contribution in [-0.4, -0.2) is 77.0 Å². The first kappa shape index (κ1) is 26.9. The van der Waals surface area contributed by atoms with Gasteiger partial charge in [-0.15, -0.1) is 0 Å². The summed E-state index contributed by atoms with van der Waals surface area (Å²) in [4.78, 5) is 28.4. The number of benzene rings is 1. The molecule has 36 heavy (non-hydrogen) atoms. The number of hydrogen-bond acceptors (Lipinski definition) is 7. The van der Waals surface area contributed by atoms with Gasteiger partial charge >= 0.3 is 0 Å². The number of nitrogens with zero attached hydrogens (tertiary/aromatic N) is 5. The van der Waals surface area contributed by atoms with Gasteiger partial charge in [-0.25, -0.2) is 9.97 Å². The zero-order valence-corrected chi connectivity index (χ0v) is 22.7. The monoisotopic (exact) mass is 533 g/mol. The molecule has 0 saturated carbocycles. The molecule has 0 unspecified atom stereocenters. The summed E-state index contributed by atoms with van der Waals surface area (Å²) in [6.45, 7) is 10.3. The third-order valence-electron chi connectivity index (χ3n) is 7.21. The van der Waals surface area contributed by atoms with Gasteiger partial charge in [0.1, 0.15) is 0 Å². The molecule has 0 radical (unpaired) electrons. The number of nitrogens with two attached hydrogens (primary N) is 1. The Morgan fingerprint density at radius 3 is 2.47 bits per heavy atom. The Kier molecular flexibility index (Phi) is 9.28. The molecule has 2 saturated heterocycles. The predicted octanol–water partition coefficient (Wildman–Crippen LogP) is 4.07. The van der Waals surface area contributed by atoms with E-state index in [0.717, 1.165) is 57.1 Å². The molecule has 8 nitrogen and oxygen atoms in total. The van der Waals surface area contributed by atoms with Crippen molar-refractivity contribution in [2.75, 3.05) is 49.9 Å². The minimum absolute atomic E-state index is 0.0831. The van der Waals surface area contributed by atoms with Crippen molar-refractivity contribution in [2.24, 2.45) is 0 Å². The van der Waals surface area contributed by atoms with Crippen LogP contribution in [0.25, 0.3) is 0 Å². The van der Waals surface area contributed by atoms with Gasteiger partial charge in [-0.05, 0) is 57.0 Å². The summed E-state index contributed by atoms with van der Waals surface area (Å²) in [7, 11) is 0. The first-order chi connectivity index (χ1) is 17.4. The number of carbonyl (C=O) groups is 1. The maximum atomic E-state index is 12.2. The number of likely N-dealkylation sites (tertiary alicyclic amines) is 1. The predicted molar refractivity (Wildman–Crippen MR) is 147 cm³/mol. The smallest absolute Gasteiger partial charge is 0.273 e. The first-order valence-electron chi connectivity index (χ1n) is 13.0. The quantitative estimate of drug-likeness (QED) is 0.528. The second kappa shape index (κ2) is 12.4. The molecule has 1 atom stereocenters. The molecule has 196 valence electrons. The van der Waals surface area contributed by atoms with Crippen LogP contribution >= 0.6 is 23.2 Å². The highest BCUT2D eigenvalue weighted by molar-refractivity contribution is 6.32. The summed E-state index contributed by atoms with van der Waals surface area (Å²) >= 11 is 12.5. The lowest BCUT2D eigenvalue weighted by Gasteiger charge is -2.48. The zero-order chi connectivity index (χ0) is 25.7. The topological polar surface area (TPSA) is 90.6 Å². The van der Waals surface area contributed by atoms with Gasteiger partial charge in [-0.2, -0.15) is 0 Å². The van der Waals surface area contributed by atoms with Gasteiger partial charge in [-0.3, -0.25) is 14.6 Å². The van der Waals surface area contributed by atoms with Crippen LogP contribution < -0.4 is 16.0 Å². The molecule has 0 bridgehead atoms. The lowest BCUT2D eigenvalue weighted by molar-refractivity contribution is 0.0589. The van der Waals surface area contributed by atoms with E-state index in [2.05, 4.69) is 49.0 Å². The average molecular weight is 535 g/mol. The average Bonchev–Trinajstić information content (AvgIpc) is 2.87. The van der Waals surface area contributed by atoms with Crippen LogP contribution in [0.2, 0.25) is 10.2 Å². The van der Waals surface area contributed by atoms with Gasteiger partial charge in [0.15, 0.2) is 22.5 Å². The van der Waals surface area contributed by atoms with Crippen LogP contribution in [0.4, 0.5) is 11.6 Å². The van der Waals surface area contributed by atoms with E-state index in [4.69, 9.17) is 28.9 Å². The van der Waals surface area contributed by atoms with Crippen molar-refractivity contribution in [2.45, 2.75) is 58.2 Å². The highest BCUT2D eigenvalue weighted by Crippen LogP contribution is 2.30. The van der Waals surface area contributed by atoms with Crippen molar-refractivity contribution in [1.82, 2.24) is 25.1 Å². The van der Waals surface area contributed by atoms with Crippen LogP contribution in [0.1, 0.15) is 55.6 Å². The Morgan fingerprint density at radius 2 is 1.81 bits per heavy atom. The molecule has 1 aromatic heterocycles. The number of carbonyl (C=O) groups excluding carboxylic acids is 1. The largest absolute Gasteiger partial charge is 0.382 e. The Balaban J connectivity index is 1.38. The Morgan fingerprint density at radius 1 is 1.08 bits per heavy atom. The third kappa shape index (κ3) is 6.40. The highest BCUT2D eigenvalue weighted by Gasteiger charge is 2.35.